The molecule has 172 valence electrons. The zero-order valence-electron chi connectivity index (χ0n) is 18.6. The van der Waals surface area contributed by atoms with Crippen molar-refractivity contribution in [3.63, 3.8) is 0 Å². The van der Waals surface area contributed by atoms with Crippen molar-refractivity contribution in [2.75, 3.05) is 5.32 Å². The van der Waals surface area contributed by atoms with E-state index >= 15 is 0 Å². The summed E-state index contributed by atoms with van der Waals surface area (Å²) in [4.78, 5) is 3.07. The molecule has 0 radical (unpaired) electrons. The van der Waals surface area contributed by atoms with Crippen LogP contribution < -0.4 is 10.1 Å². The number of aromatic amines is 1. The molecule has 6 nitrogen and oxygen atoms in total. The number of anilines is 1. The molecule has 4 aromatic rings. The molecule has 2 aromatic heterocycles. The van der Waals surface area contributed by atoms with Gasteiger partial charge in [-0.2, -0.15) is 0 Å². The minimum Gasteiger partial charge on any atom is -0.405 e. The maximum absolute atomic E-state index is 14.6. The number of H-pyrrole nitrogens is 1. The molecule has 1 aliphatic rings. The Hall–Kier alpha value is -3.56. The first-order valence-corrected chi connectivity index (χ1v) is 10.3. The lowest BCUT2D eigenvalue weighted by atomic mass is 9.91. The van der Waals surface area contributed by atoms with Crippen molar-refractivity contribution in [2.24, 2.45) is 0 Å². The zero-order chi connectivity index (χ0) is 23.9. The highest BCUT2D eigenvalue weighted by atomic mass is 19.4. The Kier molecular flexibility index (Phi) is 4.34. The highest BCUT2D eigenvalue weighted by Crippen LogP contribution is 2.48. The van der Waals surface area contributed by atoms with Crippen LogP contribution in [0.2, 0.25) is 0 Å². The highest BCUT2D eigenvalue weighted by molar-refractivity contribution is 6.00. The molecule has 0 bridgehead atoms. The lowest BCUT2D eigenvalue weighted by molar-refractivity contribution is -0.274. The quantitative estimate of drug-likeness (QED) is 0.359. The van der Waals surface area contributed by atoms with Crippen molar-refractivity contribution in [3.05, 3.63) is 53.0 Å². The number of aromatic nitrogens is 4. The van der Waals surface area contributed by atoms with Crippen molar-refractivity contribution in [1.82, 2.24) is 19.7 Å². The van der Waals surface area contributed by atoms with E-state index in [0.717, 1.165) is 5.56 Å². The number of aryl methyl sites for hydroxylation is 2. The average molecular weight is 459 g/mol. The van der Waals surface area contributed by atoms with Crippen LogP contribution in [0.25, 0.3) is 27.7 Å². The maximum Gasteiger partial charge on any atom is 0.573 e. The van der Waals surface area contributed by atoms with E-state index in [1.54, 1.807) is 27.0 Å². The molecule has 0 atom stereocenters. The molecular weight excluding hydrogens is 438 g/mol. The third-order valence-electron chi connectivity index (χ3n) is 6.02. The van der Waals surface area contributed by atoms with Crippen LogP contribution in [0.1, 0.15) is 36.6 Å². The first kappa shape index (κ1) is 21.3. The second-order valence-electron chi connectivity index (χ2n) is 8.82. The van der Waals surface area contributed by atoms with Gasteiger partial charge in [0, 0.05) is 28.8 Å². The summed E-state index contributed by atoms with van der Waals surface area (Å²) in [6.07, 6.45) is -3.24. The monoisotopic (exact) mass is 459 g/mol. The number of nitrogens with zero attached hydrogens (tertiary/aromatic N) is 3. The molecule has 0 fully saturated rings. The van der Waals surface area contributed by atoms with Gasteiger partial charge in [-0.25, -0.2) is 4.39 Å². The van der Waals surface area contributed by atoms with E-state index in [1.807, 2.05) is 18.4 Å². The molecule has 1 aliphatic heterocycles. The van der Waals surface area contributed by atoms with Gasteiger partial charge in [0.05, 0.1) is 22.4 Å². The first-order valence-electron chi connectivity index (χ1n) is 10.3. The van der Waals surface area contributed by atoms with Crippen molar-refractivity contribution in [1.29, 1.82) is 0 Å². The number of rotatable bonds is 2. The molecule has 5 rings (SSSR count). The summed E-state index contributed by atoms with van der Waals surface area (Å²) in [5.41, 5.74) is 2.52. The molecule has 2 N–H and O–H groups in total. The zero-order valence-corrected chi connectivity index (χ0v) is 18.6. The molecule has 3 heterocycles. The highest BCUT2D eigenvalue weighted by Gasteiger charge is 2.39. The van der Waals surface area contributed by atoms with Crippen LogP contribution in [0.15, 0.2) is 24.4 Å². The normalized spacial score (nSPS) is 14.7. The number of benzene rings is 2. The van der Waals surface area contributed by atoms with Gasteiger partial charge >= 0.3 is 6.36 Å². The van der Waals surface area contributed by atoms with Gasteiger partial charge in [0.1, 0.15) is 17.4 Å². The van der Waals surface area contributed by atoms with Gasteiger partial charge in [0.15, 0.2) is 5.82 Å². The molecule has 0 amide bonds. The van der Waals surface area contributed by atoms with Crippen molar-refractivity contribution < 1.29 is 22.3 Å². The number of alkyl halides is 3. The molecule has 2 aromatic carbocycles. The molecule has 0 spiro atoms. The van der Waals surface area contributed by atoms with Crippen molar-refractivity contribution in [3.8, 4) is 22.6 Å². The van der Waals surface area contributed by atoms with Crippen LogP contribution in [-0.2, 0) is 5.54 Å². The number of nitrogens with one attached hydrogen (secondary N) is 2. The van der Waals surface area contributed by atoms with Crippen LogP contribution >= 0.6 is 0 Å². The minimum absolute atomic E-state index is 0.137. The maximum atomic E-state index is 14.6. The third-order valence-corrected chi connectivity index (χ3v) is 6.02. The van der Waals surface area contributed by atoms with Gasteiger partial charge in [-0.05, 0) is 57.9 Å². The Labute approximate surface area is 186 Å². The van der Waals surface area contributed by atoms with E-state index in [1.165, 1.54) is 18.2 Å². The van der Waals surface area contributed by atoms with Gasteiger partial charge in [-0.3, -0.25) is 4.57 Å². The molecule has 10 heteroatoms. The predicted octanol–water partition coefficient (Wildman–Crippen LogP) is 6.04. The molecular formula is C23H21F4N5O. The van der Waals surface area contributed by atoms with Crippen LogP contribution in [-0.4, -0.2) is 26.1 Å². The summed E-state index contributed by atoms with van der Waals surface area (Å²) in [5.74, 6) is 0.219. The average Bonchev–Trinajstić information content (AvgIpc) is 3.24. The second-order valence-corrected chi connectivity index (χ2v) is 8.82. The summed E-state index contributed by atoms with van der Waals surface area (Å²) >= 11 is 0. The number of halogens is 4. The number of fused-ring (bicyclic) bond motifs is 4. The minimum atomic E-state index is -4.94. The Bertz CT molecular complexity index is 1430. The molecule has 0 unspecified atom stereocenters. The Morgan fingerprint density at radius 1 is 1.06 bits per heavy atom. The summed E-state index contributed by atoms with van der Waals surface area (Å²) in [6, 6.07) is 3.88. The van der Waals surface area contributed by atoms with Crippen LogP contribution in [0.5, 0.6) is 5.75 Å². The van der Waals surface area contributed by atoms with E-state index in [9.17, 15) is 17.6 Å². The fraction of sp³-hybridized carbons (Fsp3) is 0.304. The lowest BCUT2D eigenvalue weighted by Crippen LogP contribution is -2.36. The number of ether oxygens (including phenoxy) is 1. The van der Waals surface area contributed by atoms with Crippen molar-refractivity contribution >= 4 is 16.6 Å². The first-order chi connectivity index (χ1) is 15.4. The summed E-state index contributed by atoms with van der Waals surface area (Å²) in [6.45, 7) is 8.99. The topological polar surface area (TPSA) is 67.8 Å². The van der Waals surface area contributed by atoms with Gasteiger partial charge in [-0.15, -0.1) is 23.4 Å². The third kappa shape index (κ3) is 3.23. The molecule has 0 saturated carbocycles. The summed E-state index contributed by atoms with van der Waals surface area (Å²) in [7, 11) is 0. The fourth-order valence-corrected chi connectivity index (χ4v) is 4.66. The Balaban J connectivity index is 1.90. The smallest absolute Gasteiger partial charge is 0.405 e. The van der Waals surface area contributed by atoms with E-state index in [-0.39, 0.29) is 11.1 Å². The molecule has 0 aliphatic carbocycles. The summed E-state index contributed by atoms with van der Waals surface area (Å²) in [5, 5.41) is 12.3. The summed E-state index contributed by atoms with van der Waals surface area (Å²) < 4.78 is 61.3. The van der Waals surface area contributed by atoms with Crippen LogP contribution in [0, 0.1) is 26.6 Å². The van der Waals surface area contributed by atoms with Gasteiger partial charge in [-0.1, -0.05) is 0 Å². The lowest BCUT2D eigenvalue weighted by Gasteiger charge is -2.35. The van der Waals surface area contributed by atoms with E-state index < -0.39 is 23.5 Å². The van der Waals surface area contributed by atoms with Gasteiger partial charge < -0.3 is 15.0 Å². The largest absolute Gasteiger partial charge is 0.573 e. The van der Waals surface area contributed by atoms with Crippen LogP contribution in [0.3, 0.4) is 0 Å². The van der Waals surface area contributed by atoms with E-state index in [4.69, 9.17) is 0 Å². The predicted molar refractivity (Wildman–Crippen MR) is 116 cm³/mol. The Morgan fingerprint density at radius 2 is 1.79 bits per heavy atom. The van der Waals surface area contributed by atoms with Crippen LogP contribution in [0.4, 0.5) is 23.2 Å². The SMILES string of the molecule is Cc1c(-c2cc(F)cc3c(C)c[nH]c23)c(OC(F)(F)F)cc2c1-n1c(C)nnc1C(C)(C)N2. The standard InChI is InChI=1S/C23H21F4N5O/c1-10-9-28-19-14(10)6-13(24)7-15(19)18-11(2)20-16(8-17(18)33-23(25,26)27)29-22(4,5)21-31-30-12(3)32(20)21/h6-9,28-29H,1-5H3. The number of hydrogen-bond donors (Lipinski definition) is 2. The molecule has 0 saturated heterocycles. The van der Waals surface area contributed by atoms with E-state index in [0.29, 0.717) is 39.5 Å². The number of hydrogen-bond acceptors (Lipinski definition) is 4. The van der Waals surface area contributed by atoms with Crippen molar-refractivity contribution in [2.45, 2.75) is 46.5 Å². The van der Waals surface area contributed by atoms with Gasteiger partial charge in [0.25, 0.3) is 0 Å². The Morgan fingerprint density at radius 3 is 2.48 bits per heavy atom. The van der Waals surface area contributed by atoms with E-state index in [2.05, 4.69) is 25.2 Å². The fourth-order valence-electron chi connectivity index (χ4n) is 4.66. The second kappa shape index (κ2) is 6.72. The van der Waals surface area contributed by atoms with Gasteiger partial charge in [0.2, 0.25) is 0 Å². The molecule has 33 heavy (non-hydrogen) atoms.